The molecule has 1 N–H and O–H groups in total. The first-order valence-corrected chi connectivity index (χ1v) is 13.0. The zero-order valence-corrected chi connectivity index (χ0v) is 22.8. The molecule has 0 radical (unpaired) electrons. The second-order valence-corrected chi connectivity index (χ2v) is 10.4. The molecule has 1 aliphatic heterocycles. The van der Waals surface area contributed by atoms with Gasteiger partial charge in [0, 0.05) is 31.1 Å². The van der Waals surface area contributed by atoms with Crippen molar-refractivity contribution >= 4 is 46.8 Å². The van der Waals surface area contributed by atoms with Crippen molar-refractivity contribution in [1.29, 1.82) is 5.26 Å². The minimum Gasteiger partial charge on any atom is -0.468 e. The number of anilines is 1. The number of esters is 1. The van der Waals surface area contributed by atoms with Crippen molar-refractivity contribution in [2.45, 2.75) is 50.5 Å². The molecule has 4 rings (SSSR count). The fraction of sp³-hybridized carbons (Fsp3) is 0.480. The summed E-state index contributed by atoms with van der Waals surface area (Å²) in [6.07, 6.45) is 0.220. The molecular formula is C25H26Cl2N6O6. The Morgan fingerprint density at radius 1 is 1.33 bits per heavy atom. The first-order valence-electron chi connectivity index (χ1n) is 12.2. The van der Waals surface area contributed by atoms with Crippen molar-refractivity contribution in [3.63, 3.8) is 0 Å². The van der Waals surface area contributed by atoms with Gasteiger partial charge in [-0.15, -0.1) is 0 Å². The van der Waals surface area contributed by atoms with Gasteiger partial charge in [0.2, 0.25) is 11.1 Å². The number of benzene rings is 1. The van der Waals surface area contributed by atoms with Gasteiger partial charge < -0.3 is 19.6 Å². The van der Waals surface area contributed by atoms with Crippen LogP contribution in [0, 0.1) is 28.4 Å². The van der Waals surface area contributed by atoms with E-state index < -0.39 is 34.1 Å². The second-order valence-electron chi connectivity index (χ2n) is 9.66. The number of carbonyl (C=O) groups is 2. The van der Waals surface area contributed by atoms with Crippen molar-refractivity contribution in [3.05, 3.63) is 54.9 Å². The van der Waals surface area contributed by atoms with Crippen LogP contribution in [0.5, 0.6) is 0 Å². The molecule has 1 fully saturated rings. The Morgan fingerprint density at radius 3 is 2.72 bits per heavy atom. The Bertz CT molecular complexity index is 1380. The van der Waals surface area contributed by atoms with Crippen molar-refractivity contribution in [1.82, 2.24) is 14.9 Å². The van der Waals surface area contributed by atoms with E-state index in [4.69, 9.17) is 27.9 Å². The highest BCUT2D eigenvalue weighted by Gasteiger charge is 2.48. The molecule has 1 aromatic heterocycles. The van der Waals surface area contributed by atoms with Crippen LogP contribution < -0.4 is 4.90 Å². The lowest BCUT2D eigenvalue weighted by Crippen LogP contribution is -2.55. The molecule has 1 saturated heterocycles. The third-order valence-corrected chi connectivity index (χ3v) is 7.86. The van der Waals surface area contributed by atoms with Gasteiger partial charge in [0.15, 0.2) is 0 Å². The maximum atomic E-state index is 13.4. The summed E-state index contributed by atoms with van der Waals surface area (Å²) in [5, 5.41) is 31.4. The third kappa shape index (κ3) is 5.29. The molecule has 1 aromatic carbocycles. The van der Waals surface area contributed by atoms with Crippen LogP contribution in [0.15, 0.2) is 12.1 Å². The molecule has 2 aliphatic rings. The van der Waals surface area contributed by atoms with Crippen molar-refractivity contribution < 1.29 is 24.4 Å². The van der Waals surface area contributed by atoms with Gasteiger partial charge in [-0.05, 0) is 66.6 Å². The quantitative estimate of drug-likeness (QED) is 0.229. The SMILES string of the molecule is COC(=O)C1(Cc2nc(Cl)nc(N3CCN(C(=O)O)C(CC#N)C3)c2[N+](=O)[O-])CCCc2c(C)cc(Cl)cc21. The Hall–Kier alpha value is -3.69. The number of aromatic nitrogens is 2. The number of aryl methyl sites for hydroxylation is 1. The summed E-state index contributed by atoms with van der Waals surface area (Å²) in [5.41, 5.74) is 0.685. The van der Waals surface area contributed by atoms with E-state index in [0.717, 1.165) is 16.0 Å². The van der Waals surface area contributed by atoms with Crippen LogP contribution in [0.25, 0.3) is 0 Å². The molecule has 0 spiro atoms. The summed E-state index contributed by atoms with van der Waals surface area (Å²) in [4.78, 5) is 48.0. The van der Waals surface area contributed by atoms with E-state index in [1.165, 1.54) is 12.0 Å². The van der Waals surface area contributed by atoms with Crippen LogP contribution in [0.4, 0.5) is 16.3 Å². The molecule has 2 heterocycles. The third-order valence-electron chi connectivity index (χ3n) is 7.48. The number of nitrogens with zero attached hydrogens (tertiary/aromatic N) is 6. The number of amides is 1. The van der Waals surface area contributed by atoms with E-state index in [-0.39, 0.29) is 49.3 Å². The number of carbonyl (C=O) groups excluding carboxylic acids is 1. The maximum Gasteiger partial charge on any atom is 0.407 e. The molecule has 2 unspecified atom stereocenters. The topological polar surface area (TPSA) is 163 Å². The Balaban J connectivity index is 1.85. The summed E-state index contributed by atoms with van der Waals surface area (Å²) < 4.78 is 5.22. The number of rotatable bonds is 6. The van der Waals surface area contributed by atoms with Gasteiger partial charge in [0.05, 0.1) is 36.0 Å². The van der Waals surface area contributed by atoms with Gasteiger partial charge in [0.1, 0.15) is 5.69 Å². The number of nitro groups is 1. The lowest BCUT2D eigenvalue weighted by molar-refractivity contribution is -0.385. The first kappa shape index (κ1) is 28.3. The zero-order chi connectivity index (χ0) is 28.5. The average molecular weight is 577 g/mol. The second kappa shape index (κ2) is 11.2. The monoisotopic (exact) mass is 576 g/mol. The number of hydrogen-bond acceptors (Lipinski definition) is 9. The molecule has 2 aromatic rings. The number of piperazine rings is 1. The fourth-order valence-corrected chi connectivity index (χ4v) is 6.21. The number of nitriles is 1. The summed E-state index contributed by atoms with van der Waals surface area (Å²) in [6, 6.07) is 4.75. The zero-order valence-electron chi connectivity index (χ0n) is 21.3. The number of halogens is 2. The largest absolute Gasteiger partial charge is 0.468 e. The van der Waals surface area contributed by atoms with E-state index in [2.05, 4.69) is 9.97 Å². The summed E-state index contributed by atoms with van der Waals surface area (Å²) in [7, 11) is 1.26. The van der Waals surface area contributed by atoms with Crippen LogP contribution in [-0.4, -0.2) is 69.7 Å². The van der Waals surface area contributed by atoms with Crippen LogP contribution in [-0.2, 0) is 27.8 Å². The van der Waals surface area contributed by atoms with Gasteiger partial charge in [0.25, 0.3) is 0 Å². The minimum absolute atomic E-state index is 0.00668. The smallest absolute Gasteiger partial charge is 0.407 e. The molecule has 1 aliphatic carbocycles. The average Bonchev–Trinajstić information content (AvgIpc) is 2.88. The van der Waals surface area contributed by atoms with Gasteiger partial charge >= 0.3 is 17.7 Å². The van der Waals surface area contributed by atoms with E-state index in [0.29, 0.717) is 29.8 Å². The first-order chi connectivity index (χ1) is 18.5. The number of fused-ring (bicyclic) bond motifs is 1. The van der Waals surface area contributed by atoms with Crippen molar-refractivity contribution in [2.24, 2.45) is 0 Å². The summed E-state index contributed by atoms with van der Waals surface area (Å²) >= 11 is 12.7. The normalized spacial score (nSPS) is 20.6. The number of hydrogen-bond donors (Lipinski definition) is 1. The highest BCUT2D eigenvalue weighted by atomic mass is 35.5. The Labute approximate surface area is 234 Å². The van der Waals surface area contributed by atoms with Crippen molar-refractivity contribution in [2.75, 3.05) is 31.6 Å². The molecule has 14 heteroatoms. The van der Waals surface area contributed by atoms with Gasteiger partial charge in [-0.25, -0.2) is 9.78 Å². The standard InChI is InChI=1S/C25H26Cl2N6O6/c1-14-10-15(26)11-18-17(14)4-3-6-25(18,22(34)39-2)12-19-20(33(37)38)21(30-23(27)29-19)31-8-9-32(24(35)36)16(13-31)5-7-28/h10-11,16H,3-6,8-9,12-13H2,1-2H3,(H,35,36). The predicted octanol–water partition coefficient (Wildman–Crippen LogP) is 4.07. The number of ether oxygens (including phenoxy) is 1. The van der Waals surface area contributed by atoms with Crippen LogP contribution in [0.2, 0.25) is 10.3 Å². The van der Waals surface area contributed by atoms with Crippen LogP contribution in [0.1, 0.15) is 41.6 Å². The highest BCUT2D eigenvalue weighted by Crippen LogP contribution is 2.45. The molecule has 0 bridgehead atoms. The van der Waals surface area contributed by atoms with E-state index in [1.807, 2.05) is 19.1 Å². The minimum atomic E-state index is -1.30. The molecule has 39 heavy (non-hydrogen) atoms. The molecule has 12 nitrogen and oxygen atoms in total. The molecule has 0 saturated carbocycles. The lowest BCUT2D eigenvalue weighted by atomic mass is 9.66. The molecule has 1 amide bonds. The van der Waals surface area contributed by atoms with Gasteiger partial charge in [-0.2, -0.15) is 10.2 Å². The molecular weight excluding hydrogens is 551 g/mol. The van der Waals surface area contributed by atoms with E-state index in [9.17, 15) is 30.1 Å². The van der Waals surface area contributed by atoms with Gasteiger partial charge in [-0.1, -0.05) is 11.6 Å². The summed E-state index contributed by atoms with van der Waals surface area (Å²) in [6.45, 7) is 1.98. The number of carboxylic acid groups (broad SMARTS) is 1. The fourth-order valence-electron chi connectivity index (χ4n) is 5.75. The highest BCUT2D eigenvalue weighted by molar-refractivity contribution is 6.30. The lowest BCUT2D eigenvalue weighted by Gasteiger charge is -2.39. The maximum absolute atomic E-state index is 13.4. The number of methoxy groups -OCH3 is 1. The molecule has 206 valence electrons. The molecule has 2 atom stereocenters. The Morgan fingerprint density at radius 2 is 2.08 bits per heavy atom. The van der Waals surface area contributed by atoms with Crippen molar-refractivity contribution in [3.8, 4) is 6.07 Å². The summed E-state index contributed by atoms with van der Waals surface area (Å²) in [5.74, 6) is -0.666. The van der Waals surface area contributed by atoms with Crippen LogP contribution >= 0.6 is 23.2 Å². The van der Waals surface area contributed by atoms with Crippen LogP contribution in [0.3, 0.4) is 0 Å². The Kier molecular flexibility index (Phi) is 8.13. The van der Waals surface area contributed by atoms with E-state index >= 15 is 0 Å². The van der Waals surface area contributed by atoms with Gasteiger partial charge in [-0.3, -0.25) is 14.9 Å². The van der Waals surface area contributed by atoms with E-state index in [1.54, 1.807) is 6.07 Å². The predicted molar refractivity (Wildman–Crippen MR) is 141 cm³/mol.